The molecule has 20 heavy (non-hydrogen) atoms. The first-order chi connectivity index (χ1) is 9.45. The molecule has 0 spiro atoms. The minimum Gasteiger partial charge on any atom is -0.504 e. The van der Waals surface area contributed by atoms with Gasteiger partial charge in [-0.15, -0.1) is 0 Å². The molecule has 0 aliphatic rings. The predicted molar refractivity (Wildman–Crippen MR) is 67.6 cm³/mol. The van der Waals surface area contributed by atoms with E-state index in [1.165, 1.54) is 25.3 Å². The fraction of sp³-hybridized carbons (Fsp3) is 0.250. The van der Waals surface area contributed by atoms with E-state index in [1.807, 2.05) is 0 Å². The minimum absolute atomic E-state index is 0.0459. The second-order valence-corrected chi connectivity index (χ2v) is 3.71. The van der Waals surface area contributed by atoms with Gasteiger partial charge in [-0.1, -0.05) is 6.07 Å². The molecule has 0 saturated heterocycles. The molecule has 0 aromatic heterocycles. The molecule has 0 unspecified atom stereocenters. The van der Waals surface area contributed by atoms with Gasteiger partial charge in [-0.3, -0.25) is 14.4 Å². The number of amides is 2. The van der Waals surface area contributed by atoms with Crippen molar-refractivity contribution in [3.05, 3.63) is 23.8 Å². The summed E-state index contributed by atoms with van der Waals surface area (Å²) in [5.74, 6) is -2.71. The number of benzene rings is 1. The van der Waals surface area contributed by atoms with E-state index in [-0.39, 0.29) is 17.1 Å². The number of phenols is 1. The van der Waals surface area contributed by atoms with E-state index in [1.54, 1.807) is 0 Å². The third kappa shape index (κ3) is 4.16. The van der Waals surface area contributed by atoms with Crippen LogP contribution in [-0.2, 0) is 9.59 Å². The number of hydrogen-bond donors (Lipinski definition) is 4. The number of methoxy groups -OCH3 is 1. The number of para-hydroxylation sites is 1. The fourth-order valence-corrected chi connectivity index (χ4v) is 1.36. The van der Waals surface area contributed by atoms with Crippen LogP contribution in [0.4, 0.5) is 0 Å². The topological polar surface area (TPSA) is 125 Å². The summed E-state index contributed by atoms with van der Waals surface area (Å²) in [5.41, 5.74) is -0.0459. The number of carboxylic acids is 1. The van der Waals surface area contributed by atoms with Gasteiger partial charge in [0.1, 0.15) is 6.54 Å². The summed E-state index contributed by atoms with van der Waals surface area (Å²) >= 11 is 0. The summed E-state index contributed by atoms with van der Waals surface area (Å²) in [4.78, 5) is 33.2. The zero-order chi connectivity index (χ0) is 15.1. The van der Waals surface area contributed by atoms with E-state index in [4.69, 9.17) is 9.84 Å². The molecule has 8 heteroatoms. The number of nitrogens with one attached hydrogen (secondary N) is 2. The van der Waals surface area contributed by atoms with Gasteiger partial charge in [0, 0.05) is 0 Å². The van der Waals surface area contributed by atoms with Gasteiger partial charge in [-0.2, -0.15) is 0 Å². The first-order valence-corrected chi connectivity index (χ1v) is 5.58. The van der Waals surface area contributed by atoms with Crippen LogP contribution in [0.1, 0.15) is 10.4 Å². The van der Waals surface area contributed by atoms with Crippen LogP contribution < -0.4 is 15.4 Å². The lowest BCUT2D eigenvalue weighted by atomic mass is 10.1. The molecule has 2 amide bonds. The number of carbonyl (C=O) groups is 3. The summed E-state index contributed by atoms with van der Waals surface area (Å²) < 4.78 is 4.85. The Hall–Kier alpha value is -2.77. The van der Waals surface area contributed by atoms with Crippen molar-refractivity contribution in [2.24, 2.45) is 0 Å². The van der Waals surface area contributed by atoms with Crippen molar-refractivity contribution in [2.45, 2.75) is 0 Å². The molecule has 108 valence electrons. The summed E-state index contributed by atoms with van der Waals surface area (Å²) in [6, 6.07) is 4.35. The molecule has 0 aliphatic carbocycles. The lowest BCUT2D eigenvalue weighted by molar-refractivity contribution is -0.137. The van der Waals surface area contributed by atoms with Crippen molar-refractivity contribution >= 4 is 17.8 Å². The second-order valence-electron chi connectivity index (χ2n) is 3.71. The second kappa shape index (κ2) is 6.98. The Labute approximate surface area is 114 Å². The van der Waals surface area contributed by atoms with Crippen LogP contribution in [0.25, 0.3) is 0 Å². The third-order valence-electron chi connectivity index (χ3n) is 2.31. The zero-order valence-corrected chi connectivity index (χ0v) is 10.7. The molecule has 1 rings (SSSR count). The van der Waals surface area contributed by atoms with E-state index in [0.29, 0.717) is 0 Å². The summed E-state index contributed by atoms with van der Waals surface area (Å²) in [7, 11) is 1.34. The van der Waals surface area contributed by atoms with Gasteiger partial charge >= 0.3 is 5.97 Å². The third-order valence-corrected chi connectivity index (χ3v) is 2.31. The molecule has 0 fully saturated rings. The van der Waals surface area contributed by atoms with E-state index in [2.05, 4.69) is 10.6 Å². The molecule has 0 heterocycles. The van der Waals surface area contributed by atoms with Gasteiger partial charge in [-0.05, 0) is 12.1 Å². The Balaban J connectivity index is 2.59. The molecule has 0 bridgehead atoms. The van der Waals surface area contributed by atoms with Crippen molar-refractivity contribution < 1.29 is 29.3 Å². The quantitative estimate of drug-likeness (QED) is 0.548. The van der Waals surface area contributed by atoms with E-state index in [0.717, 1.165) is 0 Å². The Bertz CT molecular complexity index is 529. The Kier molecular flexibility index (Phi) is 5.33. The van der Waals surface area contributed by atoms with Gasteiger partial charge in [0.25, 0.3) is 5.91 Å². The van der Waals surface area contributed by atoms with Crippen LogP contribution in [-0.4, -0.2) is 48.2 Å². The molecular weight excluding hydrogens is 268 g/mol. The largest absolute Gasteiger partial charge is 0.504 e. The minimum atomic E-state index is -1.19. The van der Waals surface area contributed by atoms with Crippen molar-refractivity contribution in [3.8, 4) is 11.5 Å². The average Bonchev–Trinajstić information content (AvgIpc) is 2.42. The normalized spacial score (nSPS) is 9.65. The standard InChI is InChI=1S/C12H14N2O6/c1-20-8-4-2-3-7(11(8)18)12(19)14-5-9(15)13-6-10(16)17/h2-4,18H,5-6H2,1H3,(H,13,15)(H,14,19)(H,16,17). The Morgan fingerprint density at radius 2 is 1.90 bits per heavy atom. The van der Waals surface area contributed by atoms with Crippen molar-refractivity contribution in [3.63, 3.8) is 0 Å². The number of carbonyl (C=O) groups excluding carboxylic acids is 2. The average molecular weight is 282 g/mol. The zero-order valence-electron chi connectivity index (χ0n) is 10.7. The maximum atomic E-state index is 11.8. The van der Waals surface area contributed by atoms with E-state index >= 15 is 0 Å². The lowest BCUT2D eigenvalue weighted by Crippen LogP contribution is -2.39. The van der Waals surface area contributed by atoms with Crippen LogP contribution >= 0.6 is 0 Å². The van der Waals surface area contributed by atoms with Gasteiger partial charge < -0.3 is 25.6 Å². The Morgan fingerprint density at radius 1 is 1.20 bits per heavy atom. The highest BCUT2D eigenvalue weighted by Gasteiger charge is 2.15. The van der Waals surface area contributed by atoms with Gasteiger partial charge in [0.2, 0.25) is 5.91 Å². The van der Waals surface area contributed by atoms with Crippen molar-refractivity contribution in [1.29, 1.82) is 0 Å². The van der Waals surface area contributed by atoms with E-state index in [9.17, 15) is 19.5 Å². The highest BCUT2D eigenvalue weighted by molar-refractivity contribution is 5.99. The van der Waals surface area contributed by atoms with Crippen LogP contribution in [0, 0.1) is 0 Å². The maximum absolute atomic E-state index is 11.8. The van der Waals surface area contributed by atoms with Gasteiger partial charge in [0.15, 0.2) is 11.5 Å². The van der Waals surface area contributed by atoms with E-state index < -0.39 is 30.9 Å². The van der Waals surface area contributed by atoms with Crippen LogP contribution in [0.15, 0.2) is 18.2 Å². The fourth-order valence-electron chi connectivity index (χ4n) is 1.36. The Morgan fingerprint density at radius 3 is 2.50 bits per heavy atom. The number of hydrogen-bond acceptors (Lipinski definition) is 5. The number of rotatable bonds is 6. The van der Waals surface area contributed by atoms with Crippen molar-refractivity contribution in [1.82, 2.24) is 10.6 Å². The first kappa shape index (κ1) is 15.3. The SMILES string of the molecule is COc1cccc(C(=O)NCC(=O)NCC(=O)O)c1O. The number of aliphatic carboxylic acids is 1. The highest BCUT2D eigenvalue weighted by atomic mass is 16.5. The molecule has 8 nitrogen and oxygen atoms in total. The lowest BCUT2D eigenvalue weighted by Gasteiger charge is -2.09. The number of phenolic OH excluding ortho intramolecular Hbond substituents is 1. The molecule has 4 N–H and O–H groups in total. The molecule has 0 saturated carbocycles. The maximum Gasteiger partial charge on any atom is 0.322 e. The van der Waals surface area contributed by atoms with Crippen LogP contribution in [0.2, 0.25) is 0 Å². The highest BCUT2D eigenvalue weighted by Crippen LogP contribution is 2.28. The van der Waals surface area contributed by atoms with Gasteiger partial charge in [0.05, 0.1) is 19.2 Å². The predicted octanol–water partition coefficient (Wildman–Crippen LogP) is -0.669. The molecule has 0 aliphatic heterocycles. The molecule has 1 aromatic rings. The number of aromatic hydroxyl groups is 1. The molecular formula is C12H14N2O6. The van der Waals surface area contributed by atoms with Crippen LogP contribution in [0.3, 0.4) is 0 Å². The number of carboxylic acid groups (broad SMARTS) is 1. The van der Waals surface area contributed by atoms with Gasteiger partial charge in [-0.25, -0.2) is 0 Å². The van der Waals surface area contributed by atoms with Crippen molar-refractivity contribution in [2.75, 3.05) is 20.2 Å². The molecule has 0 atom stereocenters. The smallest absolute Gasteiger partial charge is 0.322 e. The molecule has 1 aromatic carbocycles. The summed E-state index contributed by atoms with van der Waals surface area (Å²) in [6.45, 7) is -0.929. The summed E-state index contributed by atoms with van der Waals surface area (Å²) in [6.07, 6.45) is 0. The molecule has 0 radical (unpaired) electrons. The first-order valence-electron chi connectivity index (χ1n) is 5.58. The monoisotopic (exact) mass is 282 g/mol. The summed E-state index contributed by atoms with van der Waals surface area (Å²) in [5, 5.41) is 22.4. The number of ether oxygens (including phenoxy) is 1. The van der Waals surface area contributed by atoms with Crippen LogP contribution in [0.5, 0.6) is 11.5 Å².